The van der Waals surface area contributed by atoms with E-state index in [1.165, 1.54) is 14.2 Å². The van der Waals surface area contributed by atoms with E-state index in [4.69, 9.17) is 37.4 Å². The van der Waals surface area contributed by atoms with E-state index in [0.29, 0.717) is 34.1 Å². The van der Waals surface area contributed by atoms with Gasteiger partial charge in [0.1, 0.15) is 5.60 Å². The number of carbonyl (C=O) groups excluding carboxylic acids is 3. The van der Waals surface area contributed by atoms with Gasteiger partial charge in [0.15, 0.2) is 0 Å². The van der Waals surface area contributed by atoms with Crippen LogP contribution < -0.4 is 5.32 Å². The lowest BCUT2D eigenvalue weighted by Crippen LogP contribution is -2.33. The molecule has 2 aromatic carbocycles. The topological polar surface area (TPSA) is 101 Å². The third-order valence-electron chi connectivity index (χ3n) is 7.55. The van der Waals surface area contributed by atoms with Crippen LogP contribution in [0.4, 0.5) is 4.79 Å². The predicted octanol–water partition coefficient (Wildman–Crippen LogP) is 9.77. The average molecular weight is 754 g/mol. The van der Waals surface area contributed by atoms with Gasteiger partial charge in [-0.25, -0.2) is 14.4 Å². The molecular formula is C35H44BrCl2N3O6. The number of nitrogens with zero attached hydrogens (tertiary/aromatic N) is 2. The average Bonchev–Trinajstić information content (AvgIpc) is 3.39. The number of alkyl carbamates (subject to hydrolysis) is 1. The second-order valence-electron chi connectivity index (χ2n) is 12.8. The van der Waals surface area contributed by atoms with E-state index in [1.807, 2.05) is 46.8 Å². The van der Waals surface area contributed by atoms with Crippen LogP contribution in [-0.4, -0.2) is 53.5 Å². The first-order chi connectivity index (χ1) is 21.8. The Morgan fingerprint density at radius 1 is 0.809 bits per heavy atom. The van der Waals surface area contributed by atoms with Crippen LogP contribution in [0, 0.1) is 13.8 Å². The van der Waals surface area contributed by atoms with Crippen molar-refractivity contribution in [3.8, 4) is 0 Å². The molecule has 12 heteroatoms. The first-order valence-corrected chi connectivity index (χ1v) is 16.8. The molecule has 1 N–H and O–H groups in total. The number of aryl methyl sites for hydroxylation is 2. The van der Waals surface area contributed by atoms with Crippen LogP contribution in [0.3, 0.4) is 0 Å². The fourth-order valence-electron chi connectivity index (χ4n) is 5.75. The van der Waals surface area contributed by atoms with E-state index in [0.717, 1.165) is 43.2 Å². The van der Waals surface area contributed by atoms with Gasteiger partial charge in [-0.2, -0.15) is 0 Å². The Kier molecular flexibility index (Phi) is 12.5. The quantitative estimate of drug-likeness (QED) is 0.149. The number of carbonyl (C=O) groups is 3. The summed E-state index contributed by atoms with van der Waals surface area (Å²) >= 11 is 16.0. The van der Waals surface area contributed by atoms with Gasteiger partial charge < -0.3 is 28.7 Å². The highest BCUT2D eigenvalue weighted by Crippen LogP contribution is 2.37. The number of benzene rings is 2. The summed E-state index contributed by atoms with van der Waals surface area (Å²) in [6.07, 6.45) is 0.145. The van der Waals surface area contributed by atoms with E-state index < -0.39 is 17.7 Å². The Morgan fingerprint density at radius 3 is 1.68 bits per heavy atom. The second-order valence-corrected chi connectivity index (χ2v) is 14.4. The number of aromatic nitrogens is 2. The van der Waals surface area contributed by atoms with Crippen LogP contribution in [0.1, 0.15) is 98.1 Å². The van der Waals surface area contributed by atoms with Crippen molar-refractivity contribution in [3.63, 3.8) is 0 Å². The molecule has 0 aliphatic rings. The number of amides is 1. The predicted molar refractivity (Wildman–Crippen MR) is 192 cm³/mol. The monoisotopic (exact) mass is 751 g/mol. The van der Waals surface area contributed by atoms with Crippen LogP contribution in [0.15, 0.2) is 28.9 Å². The number of esters is 2. The minimum absolute atomic E-state index is 0.150. The zero-order chi connectivity index (χ0) is 35.5. The fraction of sp³-hybridized carbons (Fsp3) is 0.457. The summed E-state index contributed by atoms with van der Waals surface area (Å²) in [6.45, 7) is 18.2. The summed E-state index contributed by atoms with van der Waals surface area (Å²) in [5.41, 5.74) is 5.26. The number of nitrogens with one attached hydrogen (secondary N) is 1. The SMILES string of the molecule is COC(=O)c1cc(Cl)cc2c1c(C)c(Br)n2C(C)C.COC(=O)c1cc(Cl)cc2c1c(C)c(CCNC(=O)OC(C)(C)C)n2C(C)C. The second kappa shape index (κ2) is 15.3. The minimum atomic E-state index is -0.543. The lowest BCUT2D eigenvalue weighted by Gasteiger charge is -2.20. The summed E-state index contributed by atoms with van der Waals surface area (Å²) in [4.78, 5) is 36.1. The van der Waals surface area contributed by atoms with Gasteiger partial charge in [0.05, 0.1) is 41.0 Å². The molecule has 0 unspecified atom stereocenters. The van der Waals surface area contributed by atoms with Crippen molar-refractivity contribution in [2.45, 2.75) is 86.4 Å². The zero-order valence-electron chi connectivity index (χ0n) is 28.9. The first kappa shape index (κ1) is 38.2. The molecule has 0 saturated carbocycles. The highest BCUT2D eigenvalue weighted by Gasteiger charge is 2.24. The maximum atomic E-state index is 12.3. The van der Waals surface area contributed by atoms with Crippen molar-refractivity contribution in [2.24, 2.45) is 0 Å². The number of halogens is 3. The van der Waals surface area contributed by atoms with E-state index in [9.17, 15) is 14.4 Å². The minimum Gasteiger partial charge on any atom is -0.465 e. The van der Waals surface area contributed by atoms with E-state index in [2.05, 4.69) is 58.1 Å². The Labute approximate surface area is 294 Å². The van der Waals surface area contributed by atoms with Crippen molar-refractivity contribution in [2.75, 3.05) is 20.8 Å². The summed E-state index contributed by atoms with van der Waals surface area (Å²) in [5, 5.41) is 5.51. The molecule has 0 spiro atoms. The van der Waals surface area contributed by atoms with Crippen LogP contribution in [0.5, 0.6) is 0 Å². The number of rotatable bonds is 7. The number of hydrogen-bond acceptors (Lipinski definition) is 6. The molecule has 0 fully saturated rings. The van der Waals surface area contributed by atoms with Crippen molar-refractivity contribution >= 4 is 79.0 Å². The molecule has 4 aromatic rings. The molecule has 2 aromatic heterocycles. The maximum Gasteiger partial charge on any atom is 0.407 e. The maximum absolute atomic E-state index is 12.3. The lowest BCUT2D eigenvalue weighted by molar-refractivity contribution is 0.0526. The highest BCUT2D eigenvalue weighted by molar-refractivity contribution is 9.10. The number of fused-ring (bicyclic) bond motifs is 2. The van der Waals surface area contributed by atoms with Crippen LogP contribution in [-0.2, 0) is 20.6 Å². The number of ether oxygens (including phenoxy) is 3. The molecule has 0 radical (unpaired) electrons. The Hall–Kier alpha value is -3.21. The van der Waals surface area contributed by atoms with E-state index in [1.54, 1.807) is 12.1 Å². The van der Waals surface area contributed by atoms with Crippen molar-refractivity contribution in [3.05, 3.63) is 66.9 Å². The normalized spacial score (nSPS) is 11.6. The summed E-state index contributed by atoms with van der Waals surface area (Å²) < 4.78 is 20.3. The summed E-state index contributed by atoms with van der Waals surface area (Å²) in [6, 6.07) is 7.43. The molecule has 256 valence electrons. The van der Waals surface area contributed by atoms with Crippen molar-refractivity contribution in [1.82, 2.24) is 14.5 Å². The molecular weight excluding hydrogens is 709 g/mol. The molecule has 0 bridgehead atoms. The van der Waals surface area contributed by atoms with Crippen LogP contribution >= 0.6 is 39.1 Å². The lowest BCUT2D eigenvalue weighted by atomic mass is 10.0. The fourth-order valence-corrected chi connectivity index (χ4v) is 6.98. The van der Waals surface area contributed by atoms with Crippen molar-refractivity contribution in [1.29, 1.82) is 0 Å². The van der Waals surface area contributed by atoms with Gasteiger partial charge in [-0.3, -0.25) is 0 Å². The smallest absolute Gasteiger partial charge is 0.407 e. The molecule has 0 saturated heterocycles. The van der Waals surface area contributed by atoms with Crippen LogP contribution in [0.25, 0.3) is 21.8 Å². The van der Waals surface area contributed by atoms with Gasteiger partial charge in [-0.1, -0.05) is 23.2 Å². The highest BCUT2D eigenvalue weighted by atomic mass is 79.9. The molecule has 47 heavy (non-hydrogen) atoms. The standard InChI is InChI=1S/C21H29ClN2O4.C14H15BrClNO2/c1-12(2)24-16(8-9-23-20(26)28-21(4,5)6)13(3)18-15(19(25)27-7)10-14(22)11-17(18)24;1-7(2)17-11-6-9(16)5-10(14(18)19-4)12(11)8(3)13(17)15/h10-12H,8-9H2,1-7H3,(H,23,26);5-7H,1-4H3. The molecule has 0 atom stereocenters. The van der Waals surface area contributed by atoms with Gasteiger partial charge in [0, 0.05) is 51.6 Å². The first-order valence-electron chi connectivity index (χ1n) is 15.3. The van der Waals surface area contributed by atoms with Gasteiger partial charge in [-0.15, -0.1) is 0 Å². The van der Waals surface area contributed by atoms with Gasteiger partial charge in [-0.05, 0) is 114 Å². The summed E-state index contributed by atoms with van der Waals surface area (Å²) in [7, 11) is 2.73. The molecule has 0 aliphatic carbocycles. The largest absolute Gasteiger partial charge is 0.465 e. The van der Waals surface area contributed by atoms with Crippen molar-refractivity contribution < 1.29 is 28.6 Å². The molecule has 2 heterocycles. The molecule has 1 amide bonds. The number of methoxy groups -OCH3 is 2. The molecule has 9 nitrogen and oxygen atoms in total. The van der Waals surface area contributed by atoms with Crippen LogP contribution in [0.2, 0.25) is 10.0 Å². The Morgan fingerprint density at radius 2 is 1.26 bits per heavy atom. The number of hydrogen-bond donors (Lipinski definition) is 1. The van der Waals surface area contributed by atoms with Gasteiger partial charge in [0.2, 0.25) is 0 Å². The molecule has 0 aliphatic heterocycles. The third-order valence-corrected chi connectivity index (χ3v) is 8.96. The third kappa shape index (κ3) is 8.45. The van der Waals surface area contributed by atoms with E-state index >= 15 is 0 Å². The molecule has 4 rings (SSSR count). The van der Waals surface area contributed by atoms with Gasteiger partial charge in [0.25, 0.3) is 0 Å². The van der Waals surface area contributed by atoms with Gasteiger partial charge >= 0.3 is 18.0 Å². The van der Waals surface area contributed by atoms with E-state index in [-0.39, 0.29) is 18.1 Å². The Balaban J connectivity index is 0.000000274. The Bertz CT molecular complexity index is 1820. The summed E-state index contributed by atoms with van der Waals surface area (Å²) in [5.74, 6) is -0.793. The zero-order valence-corrected chi connectivity index (χ0v) is 32.0.